The van der Waals surface area contributed by atoms with Crippen molar-refractivity contribution in [2.75, 3.05) is 26.7 Å². The van der Waals surface area contributed by atoms with E-state index < -0.39 is 13.0 Å². The molecule has 23 heavy (non-hydrogen) atoms. The van der Waals surface area contributed by atoms with Gasteiger partial charge < -0.3 is 15.0 Å². The van der Waals surface area contributed by atoms with Gasteiger partial charge in [0.05, 0.1) is 0 Å². The number of pyridine rings is 1. The molecule has 0 saturated carbocycles. The van der Waals surface area contributed by atoms with Crippen molar-refractivity contribution in [2.24, 2.45) is 0 Å². The number of carbonyl (C=O) groups excluding carboxylic acids is 1. The average Bonchev–Trinajstić information content (AvgIpc) is 2.52. The van der Waals surface area contributed by atoms with Crippen LogP contribution in [0.2, 0.25) is 0 Å². The number of alkyl halides is 2. The second kappa shape index (κ2) is 10.6. The van der Waals surface area contributed by atoms with Crippen LogP contribution in [0, 0.1) is 0 Å². The van der Waals surface area contributed by atoms with Crippen molar-refractivity contribution in [3.8, 4) is 5.75 Å². The smallest absolute Gasteiger partial charge is 0.276 e. The van der Waals surface area contributed by atoms with Gasteiger partial charge in [0.25, 0.3) is 12.3 Å². The average molecular weight is 372 g/mol. The Balaban J connectivity index is 0.00000242. The molecule has 1 aliphatic heterocycles. The number of piperidine rings is 1. The van der Waals surface area contributed by atoms with Gasteiger partial charge in [0.1, 0.15) is 6.61 Å². The van der Waals surface area contributed by atoms with Crippen LogP contribution in [0.1, 0.15) is 23.3 Å². The van der Waals surface area contributed by atoms with Gasteiger partial charge in [0.15, 0.2) is 11.4 Å². The first-order valence-electron chi connectivity index (χ1n) is 6.94. The number of likely N-dealkylation sites (tertiary alicyclic amines) is 1. The highest BCUT2D eigenvalue weighted by Gasteiger charge is 2.26. The summed E-state index contributed by atoms with van der Waals surface area (Å²) in [6.07, 6.45) is 0.785. The lowest BCUT2D eigenvalue weighted by Gasteiger charge is -2.32. The summed E-state index contributed by atoms with van der Waals surface area (Å²) in [5.74, 6) is -0.172. The third-order valence-electron chi connectivity index (χ3n) is 3.45. The first-order valence-corrected chi connectivity index (χ1v) is 6.94. The minimum Gasteiger partial charge on any atom is -0.485 e. The summed E-state index contributed by atoms with van der Waals surface area (Å²) in [5.41, 5.74) is 0.0925. The van der Waals surface area contributed by atoms with E-state index in [1.54, 1.807) is 11.0 Å². The summed E-state index contributed by atoms with van der Waals surface area (Å²) in [6.45, 7) is 0.479. The van der Waals surface area contributed by atoms with E-state index >= 15 is 0 Å². The number of nitrogens with one attached hydrogen (secondary N) is 1. The van der Waals surface area contributed by atoms with Gasteiger partial charge in [-0.15, -0.1) is 24.8 Å². The quantitative estimate of drug-likeness (QED) is 0.863. The second-order valence-corrected chi connectivity index (χ2v) is 4.93. The Morgan fingerprint density at radius 3 is 2.91 bits per heavy atom. The van der Waals surface area contributed by atoms with E-state index in [-0.39, 0.29) is 48.2 Å². The Kier molecular flexibility index (Phi) is 10.0. The van der Waals surface area contributed by atoms with E-state index in [4.69, 9.17) is 4.74 Å². The summed E-state index contributed by atoms with van der Waals surface area (Å²) in [4.78, 5) is 18.2. The molecule has 132 valence electrons. The van der Waals surface area contributed by atoms with E-state index in [0.717, 1.165) is 12.8 Å². The summed E-state index contributed by atoms with van der Waals surface area (Å²) in [5, 5.41) is 3.15. The predicted octanol–water partition coefficient (Wildman–Crippen LogP) is 2.39. The number of ether oxygens (including phenoxy) is 1. The zero-order chi connectivity index (χ0) is 15.2. The lowest BCUT2D eigenvalue weighted by atomic mass is 10.1. The minimum atomic E-state index is -2.59. The molecule has 0 spiro atoms. The van der Waals surface area contributed by atoms with Crippen molar-refractivity contribution in [3.63, 3.8) is 0 Å². The minimum absolute atomic E-state index is 0. The summed E-state index contributed by atoms with van der Waals surface area (Å²) in [6, 6.07) is 3.29. The number of likely N-dealkylation sites (N-methyl/N-ethyl adjacent to an activating group) is 1. The molecule has 1 aromatic heterocycles. The van der Waals surface area contributed by atoms with E-state index in [1.165, 1.54) is 12.3 Å². The molecule has 2 heterocycles. The molecule has 1 unspecified atom stereocenters. The van der Waals surface area contributed by atoms with Crippen LogP contribution in [0.4, 0.5) is 8.78 Å². The van der Waals surface area contributed by atoms with Crippen LogP contribution in [-0.2, 0) is 0 Å². The molecule has 2 rings (SSSR count). The van der Waals surface area contributed by atoms with Crippen molar-refractivity contribution in [3.05, 3.63) is 24.0 Å². The van der Waals surface area contributed by atoms with Gasteiger partial charge >= 0.3 is 0 Å². The number of halogens is 4. The summed E-state index contributed by atoms with van der Waals surface area (Å²) < 4.78 is 29.5. The first kappa shape index (κ1) is 21.8. The Morgan fingerprint density at radius 2 is 2.26 bits per heavy atom. The van der Waals surface area contributed by atoms with Crippen LogP contribution >= 0.6 is 24.8 Å². The zero-order valence-electron chi connectivity index (χ0n) is 12.7. The molecule has 5 nitrogen and oxygen atoms in total. The maximum Gasteiger partial charge on any atom is 0.276 e. The topological polar surface area (TPSA) is 54.5 Å². The molecule has 0 aromatic carbocycles. The standard InChI is InChI=1S/C14H19F2N3O2.2ClH/c1-17-10-4-3-7-19(8-10)14(20)13-11(5-2-6-18-13)21-9-12(15)16;;/h2,5-6,10,12,17H,3-4,7-9H2,1H3;2*1H. The highest BCUT2D eigenvalue weighted by atomic mass is 35.5. The number of hydrogen-bond acceptors (Lipinski definition) is 4. The second-order valence-electron chi connectivity index (χ2n) is 4.93. The van der Waals surface area contributed by atoms with Crippen LogP contribution < -0.4 is 10.1 Å². The maximum absolute atomic E-state index is 12.5. The Labute approximate surface area is 146 Å². The monoisotopic (exact) mass is 371 g/mol. The molecule has 9 heteroatoms. The number of hydrogen-bond donors (Lipinski definition) is 1. The van der Waals surface area contributed by atoms with E-state index in [2.05, 4.69) is 10.3 Å². The van der Waals surface area contributed by atoms with Crippen LogP contribution in [0.5, 0.6) is 5.75 Å². The van der Waals surface area contributed by atoms with Crippen LogP contribution in [-0.4, -0.2) is 55.0 Å². The lowest BCUT2D eigenvalue weighted by Crippen LogP contribution is -2.47. The predicted molar refractivity (Wildman–Crippen MR) is 88.2 cm³/mol. The Bertz CT molecular complexity index is 495. The molecule has 0 radical (unpaired) electrons. The lowest BCUT2D eigenvalue weighted by molar-refractivity contribution is 0.0659. The van der Waals surface area contributed by atoms with Crippen molar-refractivity contribution < 1.29 is 18.3 Å². The Hall–Kier alpha value is -1.18. The number of nitrogens with zero attached hydrogens (tertiary/aromatic N) is 2. The fourth-order valence-electron chi connectivity index (χ4n) is 2.37. The van der Waals surface area contributed by atoms with Gasteiger partial charge in [-0.05, 0) is 32.0 Å². The van der Waals surface area contributed by atoms with Crippen molar-refractivity contribution >= 4 is 30.7 Å². The first-order chi connectivity index (χ1) is 10.1. The molecular formula is C14H21Cl2F2N3O2. The molecular weight excluding hydrogens is 351 g/mol. The van der Waals surface area contributed by atoms with Gasteiger partial charge in [-0.1, -0.05) is 0 Å². The van der Waals surface area contributed by atoms with Gasteiger partial charge in [0, 0.05) is 25.3 Å². The zero-order valence-corrected chi connectivity index (χ0v) is 14.3. The Morgan fingerprint density at radius 1 is 1.52 bits per heavy atom. The normalized spacial score (nSPS) is 17.2. The van der Waals surface area contributed by atoms with Crippen LogP contribution in [0.25, 0.3) is 0 Å². The number of rotatable bonds is 5. The number of aromatic nitrogens is 1. The fourth-order valence-corrected chi connectivity index (χ4v) is 2.37. The molecule has 1 N–H and O–H groups in total. The molecule has 1 fully saturated rings. The van der Waals surface area contributed by atoms with Crippen LogP contribution in [0.15, 0.2) is 18.3 Å². The van der Waals surface area contributed by atoms with Gasteiger partial charge in [-0.3, -0.25) is 4.79 Å². The summed E-state index contributed by atoms with van der Waals surface area (Å²) >= 11 is 0. The highest BCUT2D eigenvalue weighted by molar-refractivity contribution is 5.95. The third-order valence-corrected chi connectivity index (χ3v) is 3.45. The van der Waals surface area contributed by atoms with E-state index in [1.807, 2.05) is 7.05 Å². The van der Waals surface area contributed by atoms with Crippen molar-refractivity contribution in [2.45, 2.75) is 25.3 Å². The number of amides is 1. The maximum atomic E-state index is 12.5. The van der Waals surface area contributed by atoms with Crippen LogP contribution in [0.3, 0.4) is 0 Å². The third kappa shape index (κ3) is 6.08. The number of carbonyl (C=O) groups is 1. The molecule has 1 aliphatic rings. The molecule has 1 atom stereocenters. The molecule has 0 aliphatic carbocycles. The fraction of sp³-hybridized carbons (Fsp3) is 0.571. The highest BCUT2D eigenvalue weighted by Crippen LogP contribution is 2.20. The summed E-state index contributed by atoms with van der Waals surface area (Å²) in [7, 11) is 1.86. The van der Waals surface area contributed by atoms with Crippen molar-refractivity contribution in [1.82, 2.24) is 15.2 Å². The molecule has 1 amide bonds. The van der Waals surface area contributed by atoms with Gasteiger partial charge in [-0.25, -0.2) is 13.8 Å². The van der Waals surface area contributed by atoms with E-state index in [0.29, 0.717) is 13.1 Å². The van der Waals surface area contributed by atoms with Gasteiger partial charge in [0.2, 0.25) is 0 Å². The van der Waals surface area contributed by atoms with E-state index in [9.17, 15) is 13.6 Å². The molecule has 1 saturated heterocycles. The van der Waals surface area contributed by atoms with Gasteiger partial charge in [-0.2, -0.15) is 0 Å². The van der Waals surface area contributed by atoms with Crippen molar-refractivity contribution in [1.29, 1.82) is 0 Å². The largest absolute Gasteiger partial charge is 0.485 e. The molecule has 0 bridgehead atoms. The SMILES string of the molecule is CNC1CCCN(C(=O)c2ncccc2OCC(F)F)C1.Cl.Cl. The molecule has 1 aromatic rings.